The van der Waals surface area contributed by atoms with Gasteiger partial charge in [-0.05, 0) is 31.5 Å². The number of rotatable bonds is 8. The van der Waals surface area contributed by atoms with Gasteiger partial charge in [-0.25, -0.2) is 8.42 Å². The van der Waals surface area contributed by atoms with E-state index in [1.807, 2.05) is 31.2 Å². The van der Waals surface area contributed by atoms with Crippen molar-refractivity contribution in [2.45, 2.75) is 26.4 Å². The molecule has 2 aromatic carbocycles. The monoisotopic (exact) mass is 461 g/mol. The van der Waals surface area contributed by atoms with Crippen LogP contribution in [0.2, 0.25) is 0 Å². The molecule has 0 spiro atoms. The van der Waals surface area contributed by atoms with Gasteiger partial charge in [0, 0.05) is 19.7 Å². The van der Waals surface area contributed by atoms with Gasteiger partial charge in [0.1, 0.15) is 12.6 Å². The Balaban J connectivity index is 1.91. The van der Waals surface area contributed by atoms with Crippen LogP contribution >= 0.6 is 0 Å². The minimum atomic E-state index is -3.81. The van der Waals surface area contributed by atoms with Crippen LogP contribution in [0.4, 0.5) is 5.69 Å². The van der Waals surface area contributed by atoms with E-state index in [4.69, 9.17) is 9.47 Å². The largest absolute Gasteiger partial charge is 0.454 e. The van der Waals surface area contributed by atoms with Gasteiger partial charge in [0.05, 0.1) is 11.9 Å². The van der Waals surface area contributed by atoms with E-state index in [0.29, 0.717) is 11.5 Å². The zero-order valence-electron chi connectivity index (χ0n) is 18.5. The van der Waals surface area contributed by atoms with E-state index in [-0.39, 0.29) is 24.9 Å². The lowest BCUT2D eigenvalue weighted by Gasteiger charge is -2.31. The number of nitrogens with zero attached hydrogens (tertiary/aromatic N) is 2. The molecule has 0 saturated heterocycles. The molecule has 1 atom stereocenters. The molecule has 3 rings (SSSR count). The smallest absolute Gasteiger partial charge is 0.244 e. The third kappa shape index (κ3) is 5.31. The quantitative estimate of drug-likeness (QED) is 0.641. The van der Waals surface area contributed by atoms with Crippen LogP contribution in [-0.4, -0.2) is 57.8 Å². The van der Waals surface area contributed by atoms with Crippen LogP contribution < -0.4 is 19.1 Å². The number of anilines is 1. The molecule has 0 saturated carbocycles. The van der Waals surface area contributed by atoms with Crippen LogP contribution in [0.1, 0.15) is 18.1 Å². The first-order chi connectivity index (χ1) is 15.1. The number of carbonyl (C=O) groups excluding carboxylic acids is 2. The molecule has 2 amide bonds. The molecule has 10 heteroatoms. The van der Waals surface area contributed by atoms with Crippen LogP contribution in [0.15, 0.2) is 42.5 Å². The maximum atomic E-state index is 13.3. The first kappa shape index (κ1) is 23.4. The number of fused-ring (bicyclic) bond motifs is 1. The molecule has 172 valence electrons. The molecular weight excluding hydrogens is 434 g/mol. The summed E-state index contributed by atoms with van der Waals surface area (Å²) in [6.45, 7) is 3.28. The summed E-state index contributed by atoms with van der Waals surface area (Å²) in [6, 6.07) is 11.4. The van der Waals surface area contributed by atoms with Crippen LogP contribution in [-0.2, 0) is 26.2 Å². The van der Waals surface area contributed by atoms with Crippen molar-refractivity contribution in [3.05, 3.63) is 53.6 Å². The van der Waals surface area contributed by atoms with Gasteiger partial charge in [-0.2, -0.15) is 0 Å². The summed E-state index contributed by atoms with van der Waals surface area (Å²) in [6.07, 6.45) is 1.03. The second-order valence-electron chi connectivity index (χ2n) is 7.61. The summed E-state index contributed by atoms with van der Waals surface area (Å²) in [5, 5.41) is 2.55. The Morgan fingerprint density at radius 2 is 1.84 bits per heavy atom. The van der Waals surface area contributed by atoms with Crippen molar-refractivity contribution in [3.8, 4) is 11.5 Å². The Morgan fingerprint density at radius 1 is 1.12 bits per heavy atom. The third-order valence-electron chi connectivity index (χ3n) is 5.17. The van der Waals surface area contributed by atoms with Gasteiger partial charge < -0.3 is 19.7 Å². The van der Waals surface area contributed by atoms with Gasteiger partial charge in [0.15, 0.2) is 11.5 Å². The molecule has 1 aliphatic rings. The van der Waals surface area contributed by atoms with E-state index in [0.717, 1.165) is 21.7 Å². The van der Waals surface area contributed by atoms with Gasteiger partial charge in [-0.15, -0.1) is 0 Å². The van der Waals surface area contributed by atoms with Crippen LogP contribution in [0.25, 0.3) is 0 Å². The summed E-state index contributed by atoms with van der Waals surface area (Å²) in [5.74, 6) is 0.0486. The molecule has 0 unspecified atom stereocenters. The zero-order valence-corrected chi connectivity index (χ0v) is 19.3. The van der Waals surface area contributed by atoms with Crippen molar-refractivity contribution >= 4 is 27.5 Å². The minimum Gasteiger partial charge on any atom is -0.454 e. The van der Waals surface area contributed by atoms with Gasteiger partial charge in [-0.1, -0.05) is 29.8 Å². The molecule has 0 aliphatic carbocycles. The number of ether oxygens (including phenoxy) is 2. The summed E-state index contributed by atoms with van der Waals surface area (Å²) in [5.41, 5.74) is 2.12. The highest BCUT2D eigenvalue weighted by Gasteiger charge is 2.30. The summed E-state index contributed by atoms with van der Waals surface area (Å²) < 4.78 is 36.7. The molecule has 32 heavy (non-hydrogen) atoms. The summed E-state index contributed by atoms with van der Waals surface area (Å²) in [7, 11) is -2.32. The Labute approximate surface area is 188 Å². The number of nitrogens with one attached hydrogen (secondary N) is 1. The molecule has 0 aromatic heterocycles. The zero-order chi connectivity index (χ0) is 23.5. The Hall–Kier alpha value is -3.27. The first-order valence-electron chi connectivity index (χ1n) is 10.0. The second-order valence-corrected chi connectivity index (χ2v) is 9.51. The number of aryl methyl sites for hydroxylation is 1. The second kappa shape index (κ2) is 9.47. The van der Waals surface area contributed by atoms with E-state index in [2.05, 4.69) is 5.32 Å². The number of hydrogen-bond donors (Lipinski definition) is 1. The van der Waals surface area contributed by atoms with Gasteiger partial charge >= 0.3 is 0 Å². The highest BCUT2D eigenvalue weighted by molar-refractivity contribution is 7.92. The Kier molecular flexibility index (Phi) is 6.93. The molecule has 0 bridgehead atoms. The van der Waals surface area contributed by atoms with Crippen molar-refractivity contribution in [1.29, 1.82) is 0 Å². The van der Waals surface area contributed by atoms with Crippen molar-refractivity contribution in [2.75, 3.05) is 30.9 Å². The Bertz CT molecular complexity index is 1120. The van der Waals surface area contributed by atoms with Crippen molar-refractivity contribution in [2.24, 2.45) is 0 Å². The average Bonchev–Trinajstić information content (AvgIpc) is 3.21. The van der Waals surface area contributed by atoms with Crippen LogP contribution in [0.5, 0.6) is 11.5 Å². The summed E-state index contributed by atoms with van der Waals surface area (Å²) >= 11 is 0. The van der Waals surface area contributed by atoms with E-state index >= 15 is 0 Å². The van der Waals surface area contributed by atoms with Crippen molar-refractivity contribution < 1.29 is 27.5 Å². The van der Waals surface area contributed by atoms with Gasteiger partial charge in [0.2, 0.25) is 28.6 Å². The number of sulfonamides is 1. The maximum absolute atomic E-state index is 13.3. The standard InChI is InChI=1S/C22H27N3O6S/c1-15-6-5-7-17(10-15)12-24(16(2)22(27)23-3)21(26)13-25(32(4,28)29)18-8-9-19-20(11-18)31-14-30-19/h5-11,16H,12-14H2,1-4H3,(H,23,27)/t16-/m0/s1. The number of hydrogen-bond acceptors (Lipinski definition) is 6. The molecule has 1 aliphatic heterocycles. The number of carbonyl (C=O) groups is 2. The van der Waals surface area contributed by atoms with Crippen LogP contribution in [0, 0.1) is 6.92 Å². The lowest BCUT2D eigenvalue weighted by Crippen LogP contribution is -2.50. The normalized spacial score (nSPS) is 13.4. The summed E-state index contributed by atoms with van der Waals surface area (Å²) in [4.78, 5) is 27.0. The third-order valence-corrected chi connectivity index (χ3v) is 6.31. The van der Waals surface area contributed by atoms with Crippen molar-refractivity contribution in [3.63, 3.8) is 0 Å². The molecule has 9 nitrogen and oxygen atoms in total. The highest BCUT2D eigenvalue weighted by Crippen LogP contribution is 2.36. The van der Waals surface area contributed by atoms with Crippen molar-refractivity contribution in [1.82, 2.24) is 10.2 Å². The molecule has 0 fully saturated rings. The number of likely N-dealkylation sites (N-methyl/N-ethyl adjacent to an activating group) is 1. The van der Waals surface area contributed by atoms with E-state index in [1.54, 1.807) is 19.1 Å². The van der Waals surface area contributed by atoms with E-state index < -0.39 is 28.5 Å². The fraction of sp³-hybridized carbons (Fsp3) is 0.364. The topological polar surface area (TPSA) is 105 Å². The molecule has 0 radical (unpaired) electrons. The van der Waals surface area contributed by atoms with Gasteiger partial charge in [0.25, 0.3) is 0 Å². The first-order valence-corrected chi connectivity index (χ1v) is 11.9. The molecule has 2 aromatic rings. The molecular formula is C22H27N3O6S. The predicted molar refractivity (Wildman–Crippen MR) is 120 cm³/mol. The molecule has 1 heterocycles. The average molecular weight is 462 g/mol. The van der Waals surface area contributed by atoms with Crippen LogP contribution in [0.3, 0.4) is 0 Å². The SMILES string of the molecule is CNC(=O)[C@H](C)N(Cc1cccc(C)c1)C(=O)CN(c1ccc2c(c1)OCO2)S(C)(=O)=O. The molecule has 1 N–H and O–H groups in total. The highest BCUT2D eigenvalue weighted by atomic mass is 32.2. The minimum absolute atomic E-state index is 0.0461. The fourth-order valence-corrected chi connectivity index (χ4v) is 4.29. The fourth-order valence-electron chi connectivity index (χ4n) is 3.45. The lowest BCUT2D eigenvalue weighted by molar-refractivity contribution is -0.139. The number of benzene rings is 2. The Morgan fingerprint density at radius 3 is 2.50 bits per heavy atom. The van der Waals surface area contributed by atoms with E-state index in [9.17, 15) is 18.0 Å². The number of amides is 2. The maximum Gasteiger partial charge on any atom is 0.244 e. The predicted octanol–water partition coefficient (Wildman–Crippen LogP) is 1.65. The lowest BCUT2D eigenvalue weighted by atomic mass is 10.1. The van der Waals surface area contributed by atoms with E-state index in [1.165, 1.54) is 18.0 Å². The van der Waals surface area contributed by atoms with Gasteiger partial charge in [-0.3, -0.25) is 13.9 Å².